The van der Waals surface area contributed by atoms with Gasteiger partial charge in [-0.25, -0.2) is 8.78 Å². The standard InChI is InChI=1S/C20H20BF2NO2/c1-19(2)20(3,4)26-21(25-19)14-11-24-17-9-8-12(10-13(14)17)18-15(22)6-5-7-16(18)23/h5-11,24H,1-4H3. The third-order valence-electron chi connectivity index (χ3n) is 5.47. The highest BCUT2D eigenvalue weighted by molar-refractivity contribution is 6.65. The maximum atomic E-state index is 14.2. The lowest BCUT2D eigenvalue weighted by Crippen LogP contribution is -2.41. The predicted octanol–water partition coefficient (Wildman–Crippen LogP) is 4.41. The summed E-state index contributed by atoms with van der Waals surface area (Å²) in [5.41, 5.74) is 1.20. The molecule has 0 amide bonds. The second-order valence-corrected chi connectivity index (χ2v) is 7.69. The summed E-state index contributed by atoms with van der Waals surface area (Å²) in [6.07, 6.45) is 1.83. The molecule has 0 spiro atoms. The fourth-order valence-corrected chi connectivity index (χ4v) is 3.24. The van der Waals surface area contributed by atoms with E-state index in [1.165, 1.54) is 18.2 Å². The Morgan fingerprint density at radius 3 is 2.15 bits per heavy atom. The highest BCUT2D eigenvalue weighted by Gasteiger charge is 2.52. The molecule has 1 N–H and O–H groups in total. The molecule has 0 saturated carbocycles. The van der Waals surface area contributed by atoms with Crippen molar-refractivity contribution in [3.05, 3.63) is 54.2 Å². The lowest BCUT2D eigenvalue weighted by Gasteiger charge is -2.32. The van der Waals surface area contributed by atoms with Gasteiger partial charge >= 0.3 is 7.12 Å². The highest BCUT2D eigenvalue weighted by atomic mass is 19.1. The van der Waals surface area contributed by atoms with E-state index < -0.39 is 30.0 Å². The van der Waals surface area contributed by atoms with Gasteiger partial charge in [0.2, 0.25) is 0 Å². The van der Waals surface area contributed by atoms with Crippen LogP contribution in [0.4, 0.5) is 8.78 Å². The molecule has 2 aromatic carbocycles. The SMILES string of the molecule is CC1(C)OB(c2c[nH]c3ccc(-c4c(F)cccc4F)cc23)OC1(C)C. The monoisotopic (exact) mass is 355 g/mol. The van der Waals surface area contributed by atoms with Crippen molar-refractivity contribution < 1.29 is 18.1 Å². The molecular weight excluding hydrogens is 335 g/mol. The fourth-order valence-electron chi connectivity index (χ4n) is 3.24. The quantitative estimate of drug-likeness (QED) is 0.691. The van der Waals surface area contributed by atoms with Crippen LogP contribution in [-0.2, 0) is 9.31 Å². The number of aromatic nitrogens is 1. The molecular formula is C20H20BF2NO2. The van der Waals surface area contributed by atoms with Gasteiger partial charge in [0.1, 0.15) is 11.6 Å². The largest absolute Gasteiger partial charge is 0.497 e. The van der Waals surface area contributed by atoms with Crippen LogP contribution in [0.15, 0.2) is 42.6 Å². The molecule has 0 aliphatic carbocycles. The summed E-state index contributed by atoms with van der Waals surface area (Å²) in [6, 6.07) is 9.16. The van der Waals surface area contributed by atoms with Gasteiger partial charge < -0.3 is 14.3 Å². The van der Waals surface area contributed by atoms with Crippen LogP contribution in [0.1, 0.15) is 27.7 Å². The Bertz CT molecular complexity index is 960. The van der Waals surface area contributed by atoms with E-state index in [2.05, 4.69) is 4.98 Å². The van der Waals surface area contributed by atoms with Gasteiger partial charge in [0, 0.05) is 17.2 Å². The van der Waals surface area contributed by atoms with E-state index >= 15 is 0 Å². The molecule has 1 fully saturated rings. The Balaban J connectivity index is 1.82. The number of rotatable bonds is 2. The second-order valence-electron chi connectivity index (χ2n) is 7.69. The highest BCUT2D eigenvalue weighted by Crippen LogP contribution is 2.37. The van der Waals surface area contributed by atoms with Gasteiger partial charge in [0.15, 0.2) is 0 Å². The van der Waals surface area contributed by atoms with Crippen molar-refractivity contribution in [2.75, 3.05) is 0 Å². The zero-order valence-electron chi connectivity index (χ0n) is 15.2. The molecule has 2 heterocycles. The minimum absolute atomic E-state index is 0.0320. The lowest BCUT2D eigenvalue weighted by molar-refractivity contribution is 0.00578. The van der Waals surface area contributed by atoms with Crippen LogP contribution < -0.4 is 5.46 Å². The van der Waals surface area contributed by atoms with Gasteiger partial charge in [-0.3, -0.25) is 0 Å². The molecule has 26 heavy (non-hydrogen) atoms. The van der Waals surface area contributed by atoms with Crippen LogP contribution in [0.3, 0.4) is 0 Å². The molecule has 1 aliphatic rings. The van der Waals surface area contributed by atoms with E-state index in [1.807, 2.05) is 40.0 Å². The first-order valence-electron chi connectivity index (χ1n) is 8.61. The Hall–Kier alpha value is -2.18. The fraction of sp³-hybridized carbons (Fsp3) is 0.300. The van der Waals surface area contributed by atoms with Crippen LogP contribution in [0.2, 0.25) is 0 Å². The summed E-state index contributed by atoms with van der Waals surface area (Å²) >= 11 is 0. The molecule has 3 nitrogen and oxygen atoms in total. The number of halogens is 2. The minimum Gasteiger partial charge on any atom is -0.399 e. The Labute approximate surface area is 151 Å². The summed E-state index contributed by atoms with van der Waals surface area (Å²) in [7, 11) is -0.547. The number of aromatic amines is 1. The molecule has 1 aliphatic heterocycles. The molecule has 3 aromatic rings. The van der Waals surface area contributed by atoms with E-state index in [9.17, 15) is 8.78 Å². The molecule has 134 valence electrons. The average molecular weight is 355 g/mol. The summed E-state index contributed by atoms with van der Waals surface area (Å²) in [5.74, 6) is -1.17. The van der Waals surface area contributed by atoms with Crippen LogP contribution >= 0.6 is 0 Å². The third kappa shape index (κ3) is 2.56. The van der Waals surface area contributed by atoms with Crippen molar-refractivity contribution in [3.63, 3.8) is 0 Å². The summed E-state index contributed by atoms with van der Waals surface area (Å²) < 4.78 is 40.6. The first-order valence-corrected chi connectivity index (χ1v) is 8.61. The zero-order chi connectivity index (χ0) is 18.7. The topological polar surface area (TPSA) is 34.2 Å². The van der Waals surface area contributed by atoms with Crippen molar-refractivity contribution in [1.82, 2.24) is 4.98 Å². The molecule has 0 unspecified atom stereocenters. The number of hydrogen-bond acceptors (Lipinski definition) is 2. The normalized spacial score (nSPS) is 18.6. The zero-order valence-corrected chi connectivity index (χ0v) is 15.2. The lowest BCUT2D eigenvalue weighted by atomic mass is 9.78. The van der Waals surface area contributed by atoms with Crippen molar-refractivity contribution >= 4 is 23.5 Å². The Kier molecular flexibility index (Phi) is 3.76. The van der Waals surface area contributed by atoms with E-state index in [-0.39, 0.29) is 5.56 Å². The minimum atomic E-state index is -0.586. The number of H-pyrrole nitrogens is 1. The van der Waals surface area contributed by atoms with Crippen molar-refractivity contribution in [3.8, 4) is 11.1 Å². The van der Waals surface area contributed by atoms with E-state index in [0.717, 1.165) is 16.4 Å². The number of hydrogen-bond donors (Lipinski definition) is 1. The van der Waals surface area contributed by atoms with E-state index in [0.29, 0.717) is 5.56 Å². The number of benzene rings is 2. The van der Waals surface area contributed by atoms with Crippen LogP contribution in [0.25, 0.3) is 22.0 Å². The van der Waals surface area contributed by atoms with Gasteiger partial charge in [-0.05, 0) is 62.9 Å². The predicted molar refractivity (Wildman–Crippen MR) is 99.4 cm³/mol. The number of fused-ring (bicyclic) bond motifs is 1. The van der Waals surface area contributed by atoms with Gasteiger partial charge in [-0.1, -0.05) is 12.1 Å². The molecule has 1 saturated heterocycles. The van der Waals surface area contributed by atoms with Crippen molar-refractivity contribution in [2.45, 2.75) is 38.9 Å². The second kappa shape index (κ2) is 5.66. The summed E-state index contributed by atoms with van der Waals surface area (Å²) in [5, 5.41) is 0.823. The summed E-state index contributed by atoms with van der Waals surface area (Å²) in [4.78, 5) is 3.18. The molecule has 0 radical (unpaired) electrons. The summed E-state index contributed by atoms with van der Waals surface area (Å²) in [6.45, 7) is 7.95. The third-order valence-corrected chi connectivity index (χ3v) is 5.47. The van der Waals surface area contributed by atoms with E-state index in [4.69, 9.17) is 9.31 Å². The van der Waals surface area contributed by atoms with Gasteiger partial charge in [0.25, 0.3) is 0 Å². The van der Waals surface area contributed by atoms with Gasteiger partial charge in [0.05, 0.1) is 16.8 Å². The van der Waals surface area contributed by atoms with Crippen LogP contribution in [0, 0.1) is 11.6 Å². The van der Waals surface area contributed by atoms with Gasteiger partial charge in [-0.2, -0.15) is 0 Å². The number of nitrogens with one attached hydrogen (secondary N) is 1. The molecule has 0 atom stereocenters. The molecule has 0 bridgehead atoms. The van der Waals surface area contributed by atoms with Crippen molar-refractivity contribution in [1.29, 1.82) is 0 Å². The van der Waals surface area contributed by atoms with Gasteiger partial charge in [-0.15, -0.1) is 0 Å². The van der Waals surface area contributed by atoms with Crippen LogP contribution in [-0.4, -0.2) is 23.3 Å². The Morgan fingerprint density at radius 1 is 0.923 bits per heavy atom. The first kappa shape index (κ1) is 17.2. The molecule has 6 heteroatoms. The van der Waals surface area contributed by atoms with E-state index in [1.54, 1.807) is 12.1 Å². The maximum Gasteiger partial charge on any atom is 0.497 e. The molecule has 1 aromatic heterocycles. The molecule has 4 rings (SSSR count). The first-order chi connectivity index (χ1) is 12.2. The maximum absolute atomic E-state index is 14.2. The average Bonchev–Trinajstić information content (AvgIpc) is 3.05. The smallest absolute Gasteiger partial charge is 0.399 e. The van der Waals surface area contributed by atoms with Crippen molar-refractivity contribution in [2.24, 2.45) is 0 Å². The Morgan fingerprint density at radius 2 is 1.54 bits per heavy atom. The van der Waals surface area contributed by atoms with Crippen LogP contribution in [0.5, 0.6) is 0 Å².